The third-order valence-corrected chi connectivity index (χ3v) is 4.76. The number of hydrogen-bond donors (Lipinski definition) is 1. The van der Waals surface area contributed by atoms with Gasteiger partial charge in [-0.05, 0) is 48.9 Å². The summed E-state index contributed by atoms with van der Waals surface area (Å²) in [5.74, 6) is 1.27. The fourth-order valence-electron chi connectivity index (χ4n) is 1.88. The fourth-order valence-corrected chi connectivity index (χ4v) is 3.39. The van der Waals surface area contributed by atoms with Gasteiger partial charge in [0.15, 0.2) is 0 Å². The van der Waals surface area contributed by atoms with Crippen molar-refractivity contribution in [2.75, 3.05) is 18.9 Å². The van der Waals surface area contributed by atoms with Gasteiger partial charge in [0.25, 0.3) is 0 Å². The van der Waals surface area contributed by atoms with Crippen LogP contribution in [0.4, 0.5) is 0 Å². The van der Waals surface area contributed by atoms with Crippen LogP contribution in [-0.4, -0.2) is 23.1 Å². The van der Waals surface area contributed by atoms with Crippen LogP contribution in [0, 0.1) is 0 Å². The first-order chi connectivity index (χ1) is 10.2. The summed E-state index contributed by atoms with van der Waals surface area (Å²) in [5.41, 5.74) is 6.71. The molecular weight excluding hydrogens is 350 g/mol. The van der Waals surface area contributed by atoms with Crippen LogP contribution in [0.25, 0.3) is 0 Å². The lowest BCUT2D eigenvalue weighted by Gasteiger charge is -2.07. The van der Waals surface area contributed by atoms with E-state index in [2.05, 4.69) is 15.9 Å². The van der Waals surface area contributed by atoms with Crippen LogP contribution in [0.2, 0.25) is 0 Å². The average Bonchev–Trinajstić information content (AvgIpc) is 2.49. The van der Waals surface area contributed by atoms with Crippen molar-refractivity contribution in [1.29, 1.82) is 0 Å². The number of benzene rings is 2. The summed E-state index contributed by atoms with van der Waals surface area (Å²) >= 11 is 3.38. The van der Waals surface area contributed by atoms with Crippen molar-refractivity contribution >= 4 is 26.7 Å². The number of ether oxygens (including phenoxy) is 1. The topological polar surface area (TPSA) is 52.3 Å². The molecule has 0 bridgehead atoms. The molecule has 2 N–H and O–H groups in total. The van der Waals surface area contributed by atoms with Gasteiger partial charge in [-0.25, -0.2) is 0 Å². The van der Waals surface area contributed by atoms with E-state index in [1.165, 1.54) is 5.56 Å². The number of nitrogens with two attached hydrogens (primary N) is 1. The third-order valence-electron chi connectivity index (χ3n) is 2.95. The van der Waals surface area contributed by atoms with Gasteiger partial charge in [-0.15, -0.1) is 0 Å². The number of rotatable bonds is 7. The zero-order chi connectivity index (χ0) is 15.1. The maximum Gasteiger partial charge on any atom is 0.119 e. The van der Waals surface area contributed by atoms with E-state index in [9.17, 15) is 4.21 Å². The highest BCUT2D eigenvalue weighted by Crippen LogP contribution is 2.16. The van der Waals surface area contributed by atoms with Crippen LogP contribution < -0.4 is 10.5 Å². The summed E-state index contributed by atoms with van der Waals surface area (Å²) < 4.78 is 18.7. The highest BCUT2D eigenvalue weighted by molar-refractivity contribution is 9.10. The lowest BCUT2D eigenvalue weighted by atomic mass is 10.1. The van der Waals surface area contributed by atoms with E-state index >= 15 is 0 Å². The Hall–Kier alpha value is -1.17. The Bertz CT molecular complexity index is 601. The van der Waals surface area contributed by atoms with Crippen LogP contribution in [-0.2, 0) is 17.2 Å². The number of hydrogen-bond acceptors (Lipinski definition) is 3. The number of halogens is 1. The molecule has 5 heteroatoms. The molecule has 0 fully saturated rings. The molecule has 2 aromatic carbocycles. The van der Waals surface area contributed by atoms with E-state index in [0.29, 0.717) is 18.9 Å². The van der Waals surface area contributed by atoms with Gasteiger partial charge in [0.1, 0.15) is 12.4 Å². The van der Waals surface area contributed by atoms with Crippen molar-refractivity contribution in [2.24, 2.45) is 5.73 Å². The Labute approximate surface area is 136 Å². The van der Waals surface area contributed by atoms with Gasteiger partial charge in [-0.1, -0.05) is 34.1 Å². The SMILES string of the molecule is NCCc1ccc(OCCS(=O)c2cccc(Br)c2)cc1. The second-order valence-corrected chi connectivity index (χ2v) is 7.02. The molecule has 0 aliphatic rings. The lowest BCUT2D eigenvalue weighted by Crippen LogP contribution is -2.09. The average molecular weight is 368 g/mol. The van der Waals surface area contributed by atoms with Crippen LogP contribution in [0.1, 0.15) is 5.56 Å². The van der Waals surface area contributed by atoms with Crippen LogP contribution in [0.3, 0.4) is 0 Å². The van der Waals surface area contributed by atoms with Crippen molar-refractivity contribution in [3.8, 4) is 5.75 Å². The van der Waals surface area contributed by atoms with Crippen LogP contribution >= 0.6 is 15.9 Å². The minimum atomic E-state index is -1.05. The first kappa shape index (κ1) is 16.2. The van der Waals surface area contributed by atoms with Crippen molar-refractivity contribution in [2.45, 2.75) is 11.3 Å². The predicted molar refractivity (Wildman–Crippen MR) is 90.1 cm³/mol. The molecule has 2 aromatic rings. The van der Waals surface area contributed by atoms with E-state index in [0.717, 1.165) is 21.5 Å². The molecule has 3 nitrogen and oxygen atoms in total. The van der Waals surface area contributed by atoms with E-state index in [4.69, 9.17) is 10.5 Å². The Morgan fingerprint density at radius 3 is 2.57 bits per heavy atom. The largest absolute Gasteiger partial charge is 0.493 e. The van der Waals surface area contributed by atoms with Crippen LogP contribution in [0.15, 0.2) is 57.9 Å². The molecule has 1 atom stereocenters. The fraction of sp³-hybridized carbons (Fsp3) is 0.250. The highest BCUT2D eigenvalue weighted by Gasteiger charge is 2.04. The molecule has 21 heavy (non-hydrogen) atoms. The summed E-state index contributed by atoms with van der Waals surface area (Å²) in [7, 11) is -1.05. The second-order valence-electron chi connectivity index (χ2n) is 4.54. The summed E-state index contributed by atoms with van der Waals surface area (Å²) in [5, 5.41) is 0. The van der Waals surface area contributed by atoms with E-state index in [1.54, 1.807) is 0 Å². The quantitative estimate of drug-likeness (QED) is 0.817. The predicted octanol–water partition coefficient (Wildman–Crippen LogP) is 3.14. The molecule has 112 valence electrons. The van der Waals surface area contributed by atoms with Gasteiger partial charge in [-0.3, -0.25) is 4.21 Å². The zero-order valence-electron chi connectivity index (χ0n) is 11.6. The summed E-state index contributed by atoms with van der Waals surface area (Å²) in [6.45, 7) is 1.07. The molecule has 0 heterocycles. The monoisotopic (exact) mass is 367 g/mol. The Morgan fingerprint density at radius 1 is 1.14 bits per heavy atom. The first-order valence-corrected chi connectivity index (χ1v) is 8.86. The van der Waals surface area contributed by atoms with E-state index in [1.807, 2.05) is 48.5 Å². The third kappa shape index (κ3) is 5.26. The van der Waals surface area contributed by atoms with Gasteiger partial charge in [0, 0.05) is 9.37 Å². The Balaban J connectivity index is 1.82. The van der Waals surface area contributed by atoms with Gasteiger partial charge in [0.2, 0.25) is 0 Å². The molecule has 0 spiro atoms. The molecule has 0 radical (unpaired) electrons. The van der Waals surface area contributed by atoms with E-state index < -0.39 is 10.8 Å². The molecule has 0 amide bonds. The van der Waals surface area contributed by atoms with Crippen molar-refractivity contribution in [1.82, 2.24) is 0 Å². The molecular formula is C16H18BrNO2S. The van der Waals surface area contributed by atoms with E-state index in [-0.39, 0.29) is 0 Å². The normalized spacial score (nSPS) is 12.1. The minimum Gasteiger partial charge on any atom is -0.493 e. The molecule has 0 saturated heterocycles. The van der Waals surface area contributed by atoms with Gasteiger partial charge < -0.3 is 10.5 Å². The van der Waals surface area contributed by atoms with Gasteiger partial charge in [-0.2, -0.15) is 0 Å². The van der Waals surface area contributed by atoms with Crippen molar-refractivity contribution in [3.63, 3.8) is 0 Å². The van der Waals surface area contributed by atoms with Gasteiger partial charge >= 0.3 is 0 Å². The standard InChI is InChI=1S/C16H18BrNO2S/c17-14-2-1-3-16(12-14)21(19)11-10-20-15-6-4-13(5-7-15)8-9-18/h1-7,12H,8-11,18H2. The maximum atomic E-state index is 12.1. The molecule has 0 aliphatic heterocycles. The molecule has 0 aromatic heterocycles. The highest BCUT2D eigenvalue weighted by atomic mass is 79.9. The Kier molecular flexibility index (Phi) is 6.42. The van der Waals surface area contributed by atoms with Gasteiger partial charge in [0.05, 0.1) is 16.6 Å². The van der Waals surface area contributed by atoms with Crippen LogP contribution in [0.5, 0.6) is 5.75 Å². The van der Waals surface area contributed by atoms with Crippen molar-refractivity contribution in [3.05, 3.63) is 58.6 Å². The summed E-state index contributed by atoms with van der Waals surface area (Å²) in [6.07, 6.45) is 0.868. The maximum absolute atomic E-state index is 12.1. The molecule has 0 saturated carbocycles. The molecule has 0 aliphatic carbocycles. The summed E-state index contributed by atoms with van der Waals surface area (Å²) in [6, 6.07) is 15.4. The smallest absolute Gasteiger partial charge is 0.119 e. The zero-order valence-corrected chi connectivity index (χ0v) is 14.0. The lowest BCUT2D eigenvalue weighted by molar-refractivity contribution is 0.342. The Morgan fingerprint density at radius 2 is 1.90 bits per heavy atom. The molecule has 2 rings (SSSR count). The minimum absolute atomic E-state index is 0.426. The van der Waals surface area contributed by atoms with Crippen molar-refractivity contribution < 1.29 is 8.95 Å². The summed E-state index contributed by atoms with van der Waals surface area (Å²) in [4.78, 5) is 0.811. The second kappa shape index (κ2) is 8.32. The first-order valence-electron chi connectivity index (χ1n) is 6.75. The molecule has 1 unspecified atom stereocenters.